The number of hydrogen-bond donors (Lipinski definition) is 2. The zero-order valence-corrected chi connectivity index (χ0v) is 7.18. The van der Waals surface area contributed by atoms with E-state index in [9.17, 15) is 4.79 Å². The van der Waals surface area contributed by atoms with Crippen LogP contribution in [-0.2, 0) is 9.63 Å². The molecule has 0 aromatic heterocycles. The molecule has 0 aromatic rings. The van der Waals surface area contributed by atoms with Crippen LogP contribution >= 0.6 is 0 Å². The van der Waals surface area contributed by atoms with E-state index in [1.165, 1.54) is 0 Å². The molecule has 0 aliphatic carbocycles. The predicted octanol–water partition coefficient (Wildman–Crippen LogP) is 0.638. The van der Waals surface area contributed by atoms with Gasteiger partial charge in [0, 0.05) is 0 Å². The van der Waals surface area contributed by atoms with Crippen molar-refractivity contribution in [1.29, 1.82) is 0 Å². The molecule has 0 aromatic carbocycles. The third-order valence-corrected chi connectivity index (χ3v) is 0.831. The molecule has 0 radical (unpaired) electrons. The first-order valence-corrected chi connectivity index (χ1v) is 3.48. The monoisotopic (exact) mass is 161 g/mol. The zero-order chi connectivity index (χ0) is 8.91. The molecule has 0 amide bonds. The Morgan fingerprint density at radius 3 is 2.45 bits per heavy atom. The molecule has 0 rings (SSSR count). The molecule has 0 bridgehead atoms. The average Bonchev–Trinajstić information content (AvgIpc) is 1.78. The standard InChI is InChI=1S/C7H15NO3/c1-7(2,3)5-11-8-4-6(9)10/h8H,4-5H2,1-3H3,(H,9,10). The number of rotatable bonds is 4. The topological polar surface area (TPSA) is 58.6 Å². The normalized spacial score (nSPS) is 11.5. The van der Waals surface area contributed by atoms with Gasteiger partial charge in [0.1, 0.15) is 6.54 Å². The summed E-state index contributed by atoms with van der Waals surface area (Å²) in [5, 5.41) is 8.20. The molecule has 66 valence electrons. The van der Waals surface area contributed by atoms with E-state index in [0.29, 0.717) is 6.61 Å². The van der Waals surface area contributed by atoms with Crippen LogP contribution < -0.4 is 5.48 Å². The molecule has 0 aliphatic rings. The van der Waals surface area contributed by atoms with Crippen LogP contribution in [0.3, 0.4) is 0 Å². The number of carbonyl (C=O) groups is 1. The van der Waals surface area contributed by atoms with Crippen LogP contribution in [0.25, 0.3) is 0 Å². The highest BCUT2D eigenvalue weighted by Crippen LogP contribution is 2.11. The van der Waals surface area contributed by atoms with Gasteiger partial charge in [0.15, 0.2) is 0 Å². The highest BCUT2D eigenvalue weighted by atomic mass is 16.6. The van der Waals surface area contributed by atoms with E-state index in [2.05, 4.69) is 5.48 Å². The minimum Gasteiger partial charge on any atom is -0.480 e. The van der Waals surface area contributed by atoms with Gasteiger partial charge in [0.05, 0.1) is 6.61 Å². The summed E-state index contributed by atoms with van der Waals surface area (Å²) in [4.78, 5) is 14.9. The van der Waals surface area contributed by atoms with Crippen LogP contribution in [0.4, 0.5) is 0 Å². The Labute approximate surface area is 66.5 Å². The molecule has 0 aliphatic heterocycles. The minimum absolute atomic E-state index is 0.0610. The highest BCUT2D eigenvalue weighted by Gasteiger charge is 2.09. The van der Waals surface area contributed by atoms with Gasteiger partial charge < -0.3 is 9.94 Å². The molecule has 0 fully saturated rings. The Morgan fingerprint density at radius 1 is 1.55 bits per heavy atom. The number of carboxylic acids is 1. The largest absolute Gasteiger partial charge is 0.480 e. The molecular formula is C7H15NO3. The Kier molecular flexibility index (Phi) is 4.07. The second-order valence-electron chi connectivity index (χ2n) is 3.56. The highest BCUT2D eigenvalue weighted by molar-refractivity contribution is 5.68. The van der Waals surface area contributed by atoms with Gasteiger partial charge in [-0.25, -0.2) is 0 Å². The minimum atomic E-state index is -0.918. The maximum Gasteiger partial charge on any atom is 0.319 e. The molecule has 0 spiro atoms. The molecule has 11 heavy (non-hydrogen) atoms. The fourth-order valence-electron chi connectivity index (χ4n) is 0.380. The van der Waals surface area contributed by atoms with Crippen LogP contribution in [0.1, 0.15) is 20.8 Å². The van der Waals surface area contributed by atoms with Crippen LogP contribution in [-0.4, -0.2) is 24.2 Å². The van der Waals surface area contributed by atoms with Gasteiger partial charge in [-0.05, 0) is 5.41 Å². The van der Waals surface area contributed by atoms with Gasteiger partial charge in [-0.15, -0.1) is 0 Å². The first-order chi connectivity index (χ1) is 4.92. The molecule has 0 unspecified atom stereocenters. The van der Waals surface area contributed by atoms with Crippen molar-refractivity contribution in [3.05, 3.63) is 0 Å². The van der Waals surface area contributed by atoms with Gasteiger partial charge in [-0.1, -0.05) is 20.8 Å². The Bertz CT molecular complexity index is 128. The van der Waals surface area contributed by atoms with Gasteiger partial charge in [0.25, 0.3) is 0 Å². The summed E-state index contributed by atoms with van der Waals surface area (Å²) in [7, 11) is 0. The molecule has 0 saturated carbocycles. The van der Waals surface area contributed by atoms with Crippen molar-refractivity contribution in [2.24, 2.45) is 5.41 Å². The lowest BCUT2D eigenvalue weighted by molar-refractivity contribution is -0.139. The summed E-state index contributed by atoms with van der Waals surface area (Å²) in [6.45, 7) is 6.37. The van der Waals surface area contributed by atoms with Crippen molar-refractivity contribution in [3.63, 3.8) is 0 Å². The van der Waals surface area contributed by atoms with Gasteiger partial charge >= 0.3 is 5.97 Å². The van der Waals surface area contributed by atoms with E-state index in [1.807, 2.05) is 20.8 Å². The number of carboxylic acid groups (broad SMARTS) is 1. The fraction of sp³-hybridized carbons (Fsp3) is 0.857. The fourth-order valence-corrected chi connectivity index (χ4v) is 0.380. The molecular weight excluding hydrogens is 146 g/mol. The summed E-state index contributed by atoms with van der Waals surface area (Å²) < 4.78 is 0. The second-order valence-corrected chi connectivity index (χ2v) is 3.56. The lowest BCUT2D eigenvalue weighted by Crippen LogP contribution is -2.27. The zero-order valence-electron chi connectivity index (χ0n) is 7.18. The molecule has 0 saturated heterocycles. The van der Waals surface area contributed by atoms with Crippen LogP contribution in [0, 0.1) is 5.41 Å². The van der Waals surface area contributed by atoms with E-state index in [0.717, 1.165) is 0 Å². The van der Waals surface area contributed by atoms with E-state index >= 15 is 0 Å². The predicted molar refractivity (Wildman–Crippen MR) is 41.0 cm³/mol. The second kappa shape index (κ2) is 4.31. The average molecular weight is 161 g/mol. The smallest absolute Gasteiger partial charge is 0.319 e. The van der Waals surface area contributed by atoms with E-state index < -0.39 is 5.97 Å². The van der Waals surface area contributed by atoms with E-state index in [1.54, 1.807) is 0 Å². The van der Waals surface area contributed by atoms with Crippen molar-refractivity contribution < 1.29 is 14.7 Å². The Balaban J connectivity index is 3.22. The van der Waals surface area contributed by atoms with Crippen molar-refractivity contribution in [3.8, 4) is 0 Å². The van der Waals surface area contributed by atoms with Gasteiger partial charge in [-0.3, -0.25) is 4.79 Å². The molecule has 0 atom stereocenters. The third kappa shape index (κ3) is 9.39. The van der Waals surface area contributed by atoms with Crippen molar-refractivity contribution >= 4 is 5.97 Å². The first kappa shape index (κ1) is 10.4. The lowest BCUT2D eigenvalue weighted by atomic mass is 9.99. The molecule has 2 N–H and O–H groups in total. The van der Waals surface area contributed by atoms with Crippen LogP contribution in [0.2, 0.25) is 0 Å². The maximum atomic E-state index is 9.98. The van der Waals surface area contributed by atoms with Crippen LogP contribution in [0.5, 0.6) is 0 Å². The van der Waals surface area contributed by atoms with Crippen molar-refractivity contribution in [2.75, 3.05) is 13.2 Å². The SMILES string of the molecule is CC(C)(C)CONCC(=O)O. The summed E-state index contributed by atoms with van der Waals surface area (Å²) in [6, 6.07) is 0. The van der Waals surface area contributed by atoms with Crippen molar-refractivity contribution in [2.45, 2.75) is 20.8 Å². The molecule has 0 heterocycles. The summed E-state index contributed by atoms with van der Waals surface area (Å²) in [5.41, 5.74) is 2.40. The van der Waals surface area contributed by atoms with Gasteiger partial charge in [0.2, 0.25) is 0 Å². The first-order valence-electron chi connectivity index (χ1n) is 3.48. The molecule has 4 heteroatoms. The summed E-state index contributed by atoms with van der Waals surface area (Å²) in [5.74, 6) is -0.918. The molecule has 4 nitrogen and oxygen atoms in total. The number of aliphatic carboxylic acids is 1. The maximum absolute atomic E-state index is 9.98. The van der Waals surface area contributed by atoms with Crippen LogP contribution in [0.15, 0.2) is 0 Å². The quantitative estimate of drug-likeness (QED) is 0.469. The Hall–Kier alpha value is -0.610. The van der Waals surface area contributed by atoms with Crippen molar-refractivity contribution in [1.82, 2.24) is 5.48 Å². The van der Waals surface area contributed by atoms with Gasteiger partial charge in [-0.2, -0.15) is 5.48 Å². The lowest BCUT2D eigenvalue weighted by Gasteiger charge is -2.17. The number of nitrogens with one attached hydrogen (secondary N) is 1. The number of hydrogen-bond acceptors (Lipinski definition) is 3. The Morgan fingerprint density at radius 2 is 2.09 bits per heavy atom. The number of hydroxylamine groups is 1. The van der Waals surface area contributed by atoms with E-state index in [-0.39, 0.29) is 12.0 Å². The summed E-state index contributed by atoms with van der Waals surface area (Å²) in [6.07, 6.45) is 0. The third-order valence-electron chi connectivity index (χ3n) is 0.831. The summed E-state index contributed by atoms with van der Waals surface area (Å²) >= 11 is 0. The van der Waals surface area contributed by atoms with E-state index in [4.69, 9.17) is 9.94 Å².